The van der Waals surface area contributed by atoms with Gasteiger partial charge < -0.3 is 11.1 Å². The lowest BCUT2D eigenvalue weighted by Gasteiger charge is -2.13. The molecule has 29 heavy (non-hydrogen) atoms. The summed E-state index contributed by atoms with van der Waals surface area (Å²) in [5.41, 5.74) is 12.6. The fourth-order valence-corrected chi connectivity index (χ4v) is 3.49. The standard InChI is InChI=1S/C23H25N5O/c1-5-15(4)25-23(29)19-20-22(27-17-9-7-6-8-16(17)26-20)28(21(19)24)18-12-13(2)10-11-14(18)3/h6-12,15H,5,24H2,1-4H3,(H,25,29)/t15-/m0/s1. The summed E-state index contributed by atoms with van der Waals surface area (Å²) < 4.78 is 1.85. The highest BCUT2D eigenvalue weighted by Gasteiger charge is 2.26. The van der Waals surface area contributed by atoms with Gasteiger partial charge in [0.1, 0.15) is 16.9 Å². The Morgan fingerprint density at radius 3 is 2.52 bits per heavy atom. The molecule has 0 aliphatic carbocycles. The Labute approximate surface area is 169 Å². The molecule has 6 heteroatoms. The largest absolute Gasteiger partial charge is 0.384 e. The molecule has 0 saturated heterocycles. The first-order valence-electron chi connectivity index (χ1n) is 9.85. The predicted molar refractivity (Wildman–Crippen MR) is 117 cm³/mol. The van der Waals surface area contributed by atoms with Crippen LogP contribution in [0.1, 0.15) is 41.8 Å². The molecule has 2 heterocycles. The van der Waals surface area contributed by atoms with Crippen molar-refractivity contribution >= 4 is 33.9 Å². The third kappa shape index (κ3) is 3.20. The van der Waals surface area contributed by atoms with Crippen molar-refractivity contribution in [2.24, 2.45) is 0 Å². The van der Waals surface area contributed by atoms with Gasteiger partial charge in [0.2, 0.25) is 0 Å². The maximum Gasteiger partial charge on any atom is 0.257 e. The molecule has 1 amide bonds. The van der Waals surface area contributed by atoms with Gasteiger partial charge in [0, 0.05) is 6.04 Å². The molecule has 0 spiro atoms. The minimum absolute atomic E-state index is 0.0365. The molecule has 0 unspecified atom stereocenters. The molecular weight excluding hydrogens is 362 g/mol. The number of hydrogen-bond donors (Lipinski definition) is 2. The van der Waals surface area contributed by atoms with Crippen molar-refractivity contribution in [2.45, 2.75) is 40.2 Å². The average molecular weight is 387 g/mol. The van der Waals surface area contributed by atoms with Gasteiger partial charge >= 0.3 is 0 Å². The SMILES string of the molecule is CC[C@H](C)NC(=O)c1c(N)n(-c2cc(C)ccc2C)c2nc3ccccc3nc12. The number of nitrogens with one attached hydrogen (secondary N) is 1. The zero-order valence-electron chi connectivity index (χ0n) is 17.2. The number of aromatic nitrogens is 3. The quantitative estimate of drug-likeness (QED) is 0.547. The molecule has 0 bridgehead atoms. The Kier molecular flexibility index (Phi) is 4.70. The summed E-state index contributed by atoms with van der Waals surface area (Å²) >= 11 is 0. The highest BCUT2D eigenvalue weighted by Crippen LogP contribution is 2.32. The Morgan fingerprint density at radius 2 is 1.83 bits per heavy atom. The van der Waals surface area contributed by atoms with E-state index in [9.17, 15) is 4.79 Å². The molecule has 1 atom stereocenters. The minimum atomic E-state index is -0.226. The third-order valence-corrected chi connectivity index (χ3v) is 5.32. The van der Waals surface area contributed by atoms with Crippen LogP contribution >= 0.6 is 0 Å². The average Bonchev–Trinajstić information content (AvgIpc) is 2.98. The first-order valence-corrected chi connectivity index (χ1v) is 9.85. The number of benzene rings is 2. The van der Waals surface area contributed by atoms with E-state index in [0.29, 0.717) is 22.5 Å². The number of aryl methyl sites for hydroxylation is 2. The smallest absolute Gasteiger partial charge is 0.257 e. The van der Waals surface area contributed by atoms with Gasteiger partial charge in [-0.2, -0.15) is 0 Å². The number of nitrogens with two attached hydrogens (primary N) is 1. The number of hydrogen-bond acceptors (Lipinski definition) is 4. The maximum absolute atomic E-state index is 13.1. The van der Waals surface area contributed by atoms with Crippen molar-refractivity contribution in [1.82, 2.24) is 19.9 Å². The second-order valence-electron chi connectivity index (χ2n) is 7.55. The number of nitrogen functional groups attached to an aromatic ring is 1. The Balaban J connectivity index is 2.07. The van der Waals surface area contributed by atoms with E-state index in [0.717, 1.165) is 34.3 Å². The van der Waals surface area contributed by atoms with E-state index in [2.05, 4.69) is 17.4 Å². The molecule has 0 fully saturated rings. The van der Waals surface area contributed by atoms with Crippen LogP contribution in [0.25, 0.3) is 27.9 Å². The first kappa shape index (κ1) is 18.9. The van der Waals surface area contributed by atoms with Crippen LogP contribution in [0.3, 0.4) is 0 Å². The normalized spacial score (nSPS) is 12.4. The van der Waals surface area contributed by atoms with Crippen molar-refractivity contribution in [2.75, 3.05) is 5.73 Å². The van der Waals surface area contributed by atoms with E-state index in [4.69, 9.17) is 15.7 Å². The molecule has 4 aromatic rings. The summed E-state index contributed by atoms with van der Waals surface area (Å²) in [7, 11) is 0. The lowest BCUT2D eigenvalue weighted by molar-refractivity contribution is 0.0941. The number of nitrogens with zero attached hydrogens (tertiary/aromatic N) is 3. The summed E-state index contributed by atoms with van der Waals surface area (Å²) in [6.07, 6.45) is 0.829. The minimum Gasteiger partial charge on any atom is -0.384 e. The van der Waals surface area contributed by atoms with Crippen molar-refractivity contribution in [3.8, 4) is 5.69 Å². The van der Waals surface area contributed by atoms with Gasteiger partial charge in [0.05, 0.1) is 16.7 Å². The molecule has 2 aromatic carbocycles. The van der Waals surface area contributed by atoms with Crippen LogP contribution in [0, 0.1) is 13.8 Å². The second kappa shape index (κ2) is 7.20. The molecular formula is C23H25N5O. The zero-order chi connectivity index (χ0) is 20.7. The van der Waals surface area contributed by atoms with Crippen LogP contribution in [0.2, 0.25) is 0 Å². The topological polar surface area (TPSA) is 85.8 Å². The summed E-state index contributed by atoms with van der Waals surface area (Å²) in [6, 6.07) is 13.8. The number of rotatable bonds is 4. The van der Waals surface area contributed by atoms with E-state index in [-0.39, 0.29) is 11.9 Å². The molecule has 3 N–H and O–H groups in total. The molecule has 0 aliphatic rings. The van der Waals surface area contributed by atoms with Crippen molar-refractivity contribution in [1.29, 1.82) is 0 Å². The van der Waals surface area contributed by atoms with Crippen molar-refractivity contribution in [3.63, 3.8) is 0 Å². The molecule has 4 rings (SSSR count). The molecule has 0 radical (unpaired) electrons. The van der Waals surface area contributed by atoms with Gasteiger partial charge in [0.15, 0.2) is 5.65 Å². The van der Waals surface area contributed by atoms with Gasteiger partial charge in [-0.3, -0.25) is 9.36 Å². The van der Waals surface area contributed by atoms with Gasteiger partial charge in [-0.15, -0.1) is 0 Å². The van der Waals surface area contributed by atoms with Crippen LogP contribution in [0.5, 0.6) is 0 Å². The van der Waals surface area contributed by atoms with E-state index < -0.39 is 0 Å². The van der Waals surface area contributed by atoms with E-state index >= 15 is 0 Å². The summed E-state index contributed by atoms with van der Waals surface area (Å²) in [5, 5.41) is 3.02. The highest BCUT2D eigenvalue weighted by atomic mass is 16.1. The van der Waals surface area contributed by atoms with Gasteiger partial charge in [0.25, 0.3) is 5.91 Å². The van der Waals surface area contributed by atoms with Crippen LogP contribution in [-0.4, -0.2) is 26.5 Å². The number of fused-ring (bicyclic) bond motifs is 2. The van der Waals surface area contributed by atoms with Gasteiger partial charge in [-0.1, -0.05) is 31.2 Å². The first-order chi connectivity index (χ1) is 13.9. The van der Waals surface area contributed by atoms with Crippen LogP contribution in [0.15, 0.2) is 42.5 Å². The Hall–Kier alpha value is -3.41. The van der Waals surface area contributed by atoms with Crippen molar-refractivity contribution in [3.05, 3.63) is 59.2 Å². The summed E-state index contributed by atoms with van der Waals surface area (Å²) in [4.78, 5) is 22.7. The fourth-order valence-electron chi connectivity index (χ4n) is 3.49. The third-order valence-electron chi connectivity index (χ3n) is 5.32. The fraction of sp³-hybridized carbons (Fsp3) is 0.261. The van der Waals surface area contributed by atoms with E-state index in [1.807, 2.05) is 62.6 Å². The highest BCUT2D eigenvalue weighted by molar-refractivity contribution is 6.11. The summed E-state index contributed by atoms with van der Waals surface area (Å²) in [6.45, 7) is 8.05. The number of para-hydroxylation sites is 2. The lowest BCUT2D eigenvalue weighted by Crippen LogP contribution is -2.32. The molecule has 0 saturated carbocycles. The van der Waals surface area contributed by atoms with Gasteiger partial charge in [-0.25, -0.2) is 9.97 Å². The van der Waals surface area contributed by atoms with E-state index in [1.54, 1.807) is 0 Å². The zero-order valence-corrected chi connectivity index (χ0v) is 17.2. The molecule has 6 nitrogen and oxygen atoms in total. The number of anilines is 1. The maximum atomic E-state index is 13.1. The Morgan fingerprint density at radius 1 is 1.14 bits per heavy atom. The summed E-state index contributed by atoms with van der Waals surface area (Å²) in [5.74, 6) is 0.125. The lowest BCUT2D eigenvalue weighted by atomic mass is 10.1. The number of carbonyl (C=O) groups excluding carboxylic acids is 1. The van der Waals surface area contributed by atoms with Crippen LogP contribution in [-0.2, 0) is 0 Å². The number of amides is 1. The molecule has 148 valence electrons. The number of carbonyl (C=O) groups is 1. The predicted octanol–water partition coefficient (Wildman–Crippen LogP) is 4.30. The molecule has 0 aliphatic heterocycles. The second-order valence-corrected chi connectivity index (χ2v) is 7.55. The monoisotopic (exact) mass is 387 g/mol. The molecule has 2 aromatic heterocycles. The van der Waals surface area contributed by atoms with Gasteiger partial charge in [-0.05, 0) is 56.5 Å². The van der Waals surface area contributed by atoms with Crippen molar-refractivity contribution < 1.29 is 4.79 Å². The van der Waals surface area contributed by atoms with E-state index in [1.165, 1.54) is 0 Å². The van der Waals surface area contributed by atoms with Crippen LogP contribution < -0.4 is 11.1 Å². The Bertz CT molecular complexity index is 1240. The van der Waals surface area contributed by atoms with Crippen LogP contribution in [0.4, 0.5) is 5.82 Å².